The summed E-state index contributed by atoms with van der Waals surface area (Å²) < 4.78 is 5.19. The lowest BCUT2D eigenvalue weighted by atomic mass is 10.3. The molecule has 1 saturated carbocycles. The van der Waals surface area contributed by atoms with Gasteiger partial charge in [0.15, 0.2) is 6.61 Å². The molecule has 0 spiro atoms. The van der Waals surface area contributed by atoms with Gasteiger partial charge < -0.3 is 10.1 Å². The van der Waals surface area contributed by atoms with Crippen LogP contribution in [-0.2, 0) is 4.79 Å². The number of hydrogen-bond donors (Lipinski definition) is 1. The molecule has 1 aromatic rings. The van der Waals surface area contributed by atoms with Gasteiger partial charge in [-0.2, -0.15) is 0 Å². The number of hydrogen-bond acceptors (Lipinski definition) is 4. The summed E-state index contributed by atoms with van der Waals surface area (Å²) in [5, 5.41) is 13.3. The molecule has 0 heterocycles. The Morgan fingerprint density at radius 2 is 2.28 bits per heavy atom. The van der Waals surface area contributed by atoms with Gasteiger partial charge in [-0.1, -0.05) is 6.07 Å². The molecule has 1 N–H and O–H groups in total. The Morgan fingerprint density at radius 1 is 1.50 bits per heavy atom. The van der Waals surface area contributed by atoms with Crippen molar-refractivity contribution in [3.63, 3.8) is 0 Å². The number of rotatable bonds is 6. The highest BCUT2D eigenvalue weighted by Crippen LogP contribution is 2.27. The number of ether oxygens (including phenoxy) is 1. The van der Waals surface area contributed by atoms with E-state index < -0.39 is 4.92 Å². The smallest absolute Gasteiger partial charge is 0.273 e. The number of carbonyl (C=O) groups excluding carboxylic acids is 1. The molecule has 0 radical (unpaired) electrons. The maximum absolute atomic E-state index is 11.4. The Balaban J connectivity index is 1.79. The average Bonchev–Trinajstić information content (AvgIpc) is 3.18. The van der Waals surface area contributed by atoms with Gasteiger partial charge in [-0.05, 0) is 24.8 Å². The largest absolute Gasteiger partial charge is 0.484 e. The van der Waals surface area contributed by atoms with Gasteiger partial charge in [0.1, 0.15) is 5.75 Å². The molecule has 1 aliphatic carbocycles. The number of nitrogens with zero attached hydrogens (tertiary/aromatic N) is 1. The molecule has 2 rings (SSSR count). The fourth-order valence-electron chi connectivity index (χ4n) is 1.47. The van der Waals surface area contributed by atoms with Crippen molar-refractivity contribution >= 4 is 11.6 Å². The van der Waals surface area contributed by atoms with E-state index in [2.05, 4.69) is 5.32 Å². The Bertz CT molecular complexity index is 457. The molecule has 6 heteroatoms. The molecule has 0 aromatic heterocycles. The third-order valence-corrected chi connectivity index (χ3v) is 2.68. The number of non-ortho nitro benzene ring substituents is 1. The van der Waals surface area contributed by atoms with Gasteiger partial charge in [0, 0.05) is 12.6 Å². The summed E-state index contributed by atoms with van der Waals surface area (Å²) >= 11 is 0. The van der Waals surface area contributed by atoms with Crippen LogP contribution in [0.2, 0.25) is 0 Å². The van der Waals surface area contributed by atoms with Gasteiger partial charge in [-0.25, -0.2) is 0 Å². The minimum atomic E-state index is -0.500. The summed E-state index contributed by atoms with van der Waals surface area (Å²) in [6.45, 7) is 0.574. The zero-order valence-corrected chi connectivity index (χ0v) is 9.80. The number of amides is 1. The van der Waals surface area contributed by atoms with E-state index in [1.807, 2.05) is 0 Å². The standard InChI is InChI=1S/C12H14N2O4/c15-12(13-7-9-4-5-9)8-18-11-3-1-2-10(6-11)14(16)17/h1-3,6,9H,4-5,7-8H2,(H,13,15). The van der Waals surface area contributed by atoms with Gasteiger partial charge in [0.2, 0.25) is 0 Å². The summed E-state index contributed by atoms with van der Waals surface area (Å²) in [7, 11) is 0. The maximum Gasteiger partial charge on any atom is 0.273 e. The fourth-order valence-corrected chi connectivity index (χ4v) is 1.47. The zero-order chi connectivity index (χ0) is 13.0. The molecule has 0 aliphatic heterocycles. The SMILES string of the molecule is O=C(COc1cccc([N+](=O)[O-])c1)NCC1CC1. The molecule has 1 amide bonds. The number of nitro benzene ring substituents is 1. The molecule has 1 aliphatic rings. The van der Waals surface area contributed by atoms with E-state index in [0.29, 0.717) is 18.2 Å². The molecular weight excluding hydrogens is 236 g/mol. The van der Waals surface area contributed by atoms with Crippen molar-refractivity contribution in [2.24, 2.45) is 5.92 Å². The van der Waals surface area contributed by atoms with E-state index in [1.165, 1.54) is 31.0 Å². The van der Waals surface area contributed by atoms with Crippen LogP contribution < -0.4 is 10.1 Å². The zero-order valence-electron chi connectivity index (χ0n) is 9.80. The summed E-state index contributed by atoms with van der Waals surface area (Å²) in [6, 6.07) is 5.78. The van der Waals surface area contributed by atoms with E-state index in [9.17, 15) is 14.9 Å². The lowest BCUT2D eigenvalue weighted by Crippen LogP contribution is -2.30. The van der Waals surface area contributed by atoms with Crippen molar-refractivity contribution in [3.05, 3.63) is 34.4 Å². The van der Waals surface area contributed by atoms with Crippen molar-refractivity contribution in [1.82, 2.24) is 5.32 Å². The predicted octanol–water partition coefficient (Wildman–Crippen LogP) is 1.50. The predicted molar refractivity (Wildman–Crippen MR) is 64.3 cm³/mol. The molecule has 6 nitrogen and oxygen atoms in total. The van der Waals surface area contributed by atoms with Crippen LogP contribution in [-0.4, -0.2) is 24.0 Å². The average molecular weight is 250 g/mol. The first-order chi connectivity index (χ1) is 8.65. The minimum absolute atomic E-state index is 0.0501. The van der Waals surface area contributed by atoms with Crippen molar-refractivity contribution in [3.8, 4) is 5.75 Å². The van der Waals surface area contributed by atoms with Crippen LogP contribution in [0.15, 0.2) is 24.3 Å². The lowest BCUT2D eigenvalue weighted by molar-refractivity contribution is -0.384. The van der Waals surface area contributed by atoms with Crippen LogP contribution in [0.3, 0.4) is 0 Å². The molecule has 0 saturated heterocycles. The molecular formula is C12H14N2O4. The van der Waals surface area contributed by atoms with Crippen LogP contribution in [0.1, 0.15) is 12.8 Å². The van der Waals surface area contributed by atoms with Gasteiger partial charge >= 0.3 is 0 Å². The van der Waals surface area contributed by atoms with Gasteiger partial charge in [-0.15, -0.1) is 0 Å². The summed E-state index contributed by atoms with van der Waals surface area (Å²) in [4.78, 5) is 21.4. The lowest BCUT2D eigenvalue weighted by Gasteiger charge is -2.06. The third-order valence-electron chi connectivity index (χ3n) is 2.68. The second-order valence-electron chi connectivity index (χ2n) is 4.29. The van der Waals surface area contributed by atoms with E-state index >= 15 is 0 Å². The van der Waals surface area contributed by atoms with Gasteiger partial charge in [0.05, 0.1) is 11.0 Å². The highest BCUT2D eigenvalue weighted by atomic mass is 16.6. The van der Waals surface area contributed by atoms with Crippen LogP contribution in [0, 0.1) is 16.0 Å². The molecule has 0 atom stereocenters. The van der Waals surface area contributed by atoms with Gasteiger partial charge in [-0.3, -0.25) is 14.9 Å². The third kappa shape index (κ3) is 3.73. The molecule has 1 fully saturated rings. The second-order valence-corrected chi connectivity index (χ2v) is 4.29. The normalized spacial score (nSPS) is 14.0. The van der Waals surface area contributed by atoms with Gasteiger partial charge in [0.25, 0.3) is 11.6 Å². The monoisotopic (exact) mass is 250 g/mol. The topological polar surface area (TPSA) is 81.5 Å². The Kier molecular flexibility index (Phi) is 3.76. The number of benzene rings is 1. The van der Waals surface area contributed by atoms with Crippen molar-refractivity contribution < 1.29 is 14.5 Å². The number of carbonyl (C=O) groups is 1. The number of nitro groups is 1. The second kappa shape index (κ2) is 5.48. The van der Waals surface area contributed by atoms with Crippen LogP contribution in [0.5, 0.6) is 5.75 Å². The fraction of sp³-hybridized carbons (Fsp3) is 0.417. The maximum atomic E-state index is 11.4. The molecule has 96 valence electrons. The summed E-state index contributed by atoms with van der Waals surface area (Å²) in [6.07, 6.45) is 2.35. The van der Waals surface area contributed by atoms with Crippen molar-refractivity contribution in [2.45, 2.75) is 12.8 Å². The molecule has 0 bridgehead atoms. The highest BCUT2D eigenvalue weighted by molar-refractivity contribution is 5.77. The van der Waals surface area contributed by atoms with E-state index in [0.717, 1.165) is 0 Å². The summed E-state index contributed by atoms with van der Waals surface area (Å²) in [5.41, 5.74) is -0.0501. The van der Waals surface area contributed by atoms with E-state index in [-0.39, 0.29) is 18.2 Å². The van der Waals surface area contributed by atoms with Crippen molar-refractivity contribution in [2.75, 3.05) is 13.2 Å². The molecule has 1 aromatic carbocycles. The van der Waals surface area contributed by atoms with Crippen LogP contribution in [0.25, 0.3) is 0 Å². The van der Waals surface area contributed by atoms with E-state index in [4.69, 9.17) is 4.74 Å². The first-order valence-electron chi connectivity index (χ1n) is 5.79. The Morgan fingerprint density at radius 3 is 2.94 bits per heavy atom. The minimum Gasteiger partial charge on any atom is -0.484 e. The summed E-state index contributed by atoms with van der Waals surface area (Å²) in [5.74, 6) is 0.742. The Labute approximate surface area is 104 Å². The first kappa shape index (κ1) is 12.3. The van der Waals surface area contributed by atoms with Crippen molar-refractivity contribution in [1.29, 1.82) is 0 Å². The van der Waals surface area contributed by atoms with Crippen LogP contribution in [0.4, 0.5) is 5.69 Å². The number of nitrogens with one attached hydrogen (secondary N) is 1. The highest BCUT2D eigenvalue weighted by Gasteiger charge is 2.21. The molecule has 0 unspecified atom stereocenters. The molecule has 18 heavy (non-hydrogen) atoms. The Hall–Kier alpha value is -2.11. The van der Waals surface area contributed by atoms with E-state index in [1.54, 1.807) is 6.07 Å². The van der Waals surface area contributed by atoms with Crippen LogP contribution >= 0.6 is 0 Å². The quantitative estimate of drug-likeness (QED) is 0.612. The first-order valence-corrected chi connectivity index (χ1v) is 5.79.